The lowest BCUT2D eigenvalue weighted by molar-refractivity contribution is 0.0510. The number of fused-ring (bicyclic) bond motifs is 2. The predicted octanol–water partition coefficient (Wildman–Crippen LogP) is 3.05. The number of amides is 1. The highest BCUT2D eigenvalue weighted by Crippen LogP contribution is 2.34. The molecule has 122 valence electrons. The molecule has 2 aromatic rings. The molecule has 1 aliphatic carbocycles. The Labute approximate surface area is 137 Å². The molecule has 3 atom stereocenters. The van der Waals surface area contributed by atoms with Gasteiger partial charge in [-0.25, -0.2) is 4.39 Å². The van der Waals surface area contributed by atoms with Crippen LogP contribution in [0.3, 0.4) is 0 Å². The predicted molar refractivity (Wildman–Crippen MR) is 86.4 cm³/mol. The molecule has 1 aromatic heterocycles. The average molecular weight is 335 g/mol. The van der Waals surface area contributed by atoms with Crippen LogP contribution in [0, 0.1) is 16.5 Å². The summed E-state index contributed by atoms with van der Waals surface area (Å²) in [5.74, 6) is -0.364. The van der Waals surface area contributed by atoms with Gasteiger partial charge in [-0.05, 0) is 50.0 Å². The monoisotopic (exact) mass is 335 g/mol. The third-order valence-electron chi connectivity index (χ3n) is 4.93. The molecular weight excluding hydrogens is 317 g/mol. The summed E-state index contributed by atoms with van der Waals surface area (Å²) in [5, 5.41) is 3.08. The van der Waals surface area contributed by atoms with Gasteiger partial charge in [-0.1, -0.05) is 0 Å². The zero-order valence-electron chi connectivity index (χ0n) is 12.5. The summed E-state index contributed by atoms with van der Waals surface area (Å²) < 4.78 is 19.9. The van der Waals surface area contributed by atoms with Crippen molar-refractivity contribution in [1.29, 1.82) is 0 Å². The second-order valence-electron chi connectivity index (χ2n) is 6.33. The fraction of sp³-hybridized carbons (Fsp3) is 0.500. The largest absolute Gasteiger partial charge is 0.378 e. The standard InChI is InChI=1S/C16H18FN3O2S/c17-8-6-10(14-12(7-8)19-16(23)20-14)15(21)18-11-2-1-3-13-9(11)4-5-22-13/h6-7,9,11,13H,1-5H2,(H,18,21)(H2,19,20,23)/t9-,11+,13+/m0/s1. The molecule has 1 saturated carbocycles. The van der Waals surface area contributed by atoms with Gasteiger partial charge in [-0.3, -0.25) is 4.79 Å². The lowest BCUT2D eigenvalue weighted by Gasteiger charge is -2.33. The van der Waals surface area contributed by atoms with Crippen LogP contribution in [-0.4, -0.2) is 34.6 Å². The molecule has 1 saturated heterocycles. The van der Waals surface area contributed by atoms with Crippen molar-refractivity contribution in [3.63, 3.8) is 0 Å². The van der Waals surface area contributed by atoms with Crippen molar-refractivity contribution in [3.8, 4) is 0 Å². The van der Waals surface area contributed by atoms with E-state index in [9.17, 15) is 9.18 Å². The van der Waals surface area contributed by atoms with Crippen LogP contribution in [0.2, 0.25) is 0 Å². The molecule has 4 rings (SSSR count). The summed E-state index contributed by atoms with van der Waals surface area (Å²) in [7, 11) is 0. The van der Waals surface area contributed by atoms with Gasteiger partial charge < -0.3 is 20.0 Å². The smallest absolute Gasteiger partial charge is 0.253 e. The van der Waals surface area contributed by atoms with E-state index in [4.69, 9.17) is 17.0 Å². The van der Waals surface area contributed by atoms with E-state index in [-0.39, 0.29) is 23.6 Å². The Morgan fingerprint density at radius 2 is 2.17 bits per heavy atom. The van der Waals surface area contributed by atoms with Gasteiger partial charge in [0.05, 0.1) is 22.7 Å². The summed E-state index contributed by atoms with van der Waals surface area (Å²) in [4.78, 5) is 18.5. The molecule has 23 heavy (non-hydrogen) atoms. The highest BCUT2D eigenvalue weighted by Gasteiger charge is 2.38. The van der Waals surface area contributed by atoms with E-state index < -0.39 is 5.82 Å². The lowest BCUT2D eigenvalue weighted by Crippen LogP contribution is -2.45. The Hall–Kier alpha value is -1.73. The Bertz CT molecular complexity index is 815. The van der Waals surface area contributed by atoms with E-state index in [0.717, 1.165) is 32.3 Å². The van der Waals surface area contributed by atoms with Gasteiger partial charge in [0.25, 0.3) is 5.91 Å². The maximum Gasteiger partial charge on any atom is 0.253 e. The second kappa shape index (κ2) is 5.72. The van der Waals surface area contributed by atoms with Gasteiger partial charge in [0.2, 0.25) is 0 Å². The number of rotatable bonds is 2. The summed E-state index contributed by atoms with van der Waals surface area (Å²) in [5.41, 5.74) is 1.34. The Balaban J connectivity index is 1.63. The number of halogens is 1. The molecule has 1 amide bonds. The van der Waals surface area contributed by atoms with Crippen LogP contribution in [-0.2, 0) is 4.74 Å². The SMILES string of the molecule is O=C(N[C@@H]1CCC[C@H]2OCC[C@@H]12)c1cc(F)cc2[nH]c(=S)[nH]c12. The number of hydrogen-bond acceptors (Lipinski definition) is 3. The zero-order valence-corrected chi connectivity index (χ0v) is 13.3. The molecule has 5 nitrogen and oxygen atoms in total. The molecule has 0 radical (unpaired) electrons. The van der Waals surface area contributed by atoms with E-state index in [1.807, 2.05) is 0 Å². The number of hydrogen-bond donors (Lipinski definition) is 3. The van der Waals surface area contributed by atoms with Crippen LogP contribution in [0.5, 0.6) is 0 Å². The molecule has 2 fully saturated rings. The number of aromatic nitrogens is 2. The van der Waals surface area contributed by atoms with E-state index in [0.29, 0.717) is 21.7 Å². The van der Waals surface area contributed by atoms with E-state index >= 15 is 0 Å². The quantitative estimate of drug-likeness (QED) is 0.739. The Morgan fingerprint density at radius 1 is 1.30 bits per heavy atom. The fourth-order valence-corrected chi connectivity index (χ4v) is 4.10. The van der Waals surface area contributed by atoms with Crippen LogP contribution < -0.4 is 5.32 Å². The first-order valence-corrected chi connectivity index (χ1v) is 8.36. The van der Waals surface area contributed by atoms with Crippen molar-refractivity contribution in [2.24, 2.45) is 5.92 Å². The number of ether oxygens (including phenoxy) is 1. The summed E-state index contributed by atoms with van der Waals surface area (Å²) in [6, 6.07) is 2.67. The highest BCUT2D eigenvalue weighted by atomic mass is 32.1. The fourth-order valence-electron chi connectivity index (χ4n) is 3.89. The maximum absolute atomic E-state index is 13.8. The second-order valence-corrected chi connectivity index (χ2v) is 6.74. The van der Waals surface area contributed by atoms with Crippen molar-refractivity contribution in [1.82, 2.24) is 15.3 Å². The molecule has 0 bridgehead atoms. The average Bonchev–Trinajstić information content (AvgIpc) is 3.12. The van der Waals surface area contributed by atoms with Gasteiger partial charge >= 0.3 is 0 Å². The third-order valence-corrected chi connectivity index (χ3v) is 5.14. The molecule has 2 heterocycles. The minimum atomic E-state index is -0.460. The third kappa shape index (κ3) is 2.68. The van der Waals surface area contributed by atoms with Gasteiger partial charge in [-0.2, -0.15) is 0 Å². The number of benzene rings is 1. The molecule has 0 spiro atoms. The molecule has 1 aromatic carbocycles. The molecular formula is C16H18FN3O2S. The lowest BCUT2D eigenvalue weighted by atomic mass is 9.81. The Kier molecular flexibility index (Phi) is 3.69. The minimum Gasteiger partial charge on any atom is -0.378 e. The van der Waals surface area contributed by atoms with Gasteiger partial charge in [0.1, 0.15) is 5.82 Å². The first kappa shape index (κ1) is 14.8. The van der Waals surface area contributed by atoms with Crippen molar-refractivity contribution in [2.75, 3.05) is 6.61 Å². The van der Waals surface area contributed by atoms with E-state index in [1.165, 1.54) is 12.1 Å². The van der Waals surface area contributed by atoms with Crippen molar-refractivity contribution in [3.05, 3.63) is 28.3 Å². The van der Waals surface area contributed by atoms with Crippen LogP contribution in [0.25, 0.3) is 11.0 Å². The van der Waals surface area contributed by atoms with Crippen LogP contribution in [0.4, 0.5) is 4.39 Å². The van der Waals surface area contributed by atoms with Crippen LogP contribution in [0.15, 0.2) is 12.1 Å². The number of nitrogens with one attached hydrogen (secondary N) is 3. The molecule has 7 heteroatoms. The summed E-state index contributed by atoms with van der Waals surface area (Å²) >= 11 is 5.04. The van der Waals surface area contributed by atoms with E-state index in [1.54, 1.807) is 0 Å². The van der Waals surface area contributed by atoms with Gasteiger partial charge in [0.15, 0.2) is 4.77 Å². The van der Waals surface area contributed by atoms with Crippen molar-refractivity contribution >= 4 is 29.2 Å². The Morgan fingerprint density at radius 3 is 3.04 bits per heavy atom. The number of carbonyl (C=O) groups excluding carboxylic acids is 1. The normalized spacial score (nSPS) is 27.1. The van der Waals surface area contributed by atoms with Crippen molar-refractivity contribution < 1.29 is 13.9 Å². The topological polar surface area (TPSA) is 69.9 Å². The molecule has 1 aliphatic heterocycles. The number of H-pyrrole nitrogens is 2. The van der Waals surface area contributed by atoms with Gasteiger partial charge in [-0.15, -0.1) is 0 Å². The first-order valence-electron chi connectivity index (χ1n) is 7.96. The summed E-state index contributed by atoms with van der Waals surface area (Å²) in [6.45, 7) is 0.761. The highest BCUT2D eigenvalue weighted by molar-refractivity contribution is 7.71. The van der Waals surface area contributed by atoms with E-state index in [2.05, 4.69) is 15.3 Å². The number of carbonyl (C=O) groups is 1. The summed E-state index contributed by atoms with van der Waals surface area (Å²) in [6.07, 6.45) is 4.27. The van der Waals surface area contributed by atoms with Crippen molar-refractivity contribution in [2.45, 2.75) is 37.8 Å². The number of imidazole rings is 1. The molecule has 0 unspecified atom stereocenters. The number of aromatic amines is 2. The maximum atomic E-state index is 13.8. The molecule has 2 aliphatic rings. The minimum absolute atomic E-state index is 0.0870. The van der Waals surface area contributed by atoms with Crippen LogP contribution >= 0.6 is 12.2 Å². The van der Waals surface area contributed by atoms with Crippen LogP contribution in [0.1, 0.15) is 36.0 Å². The zero-order chi connectivity index (χ0) is 16.0. The first-order chi connectivity index (χ1) is 11.1. The molecule has 3 N–H and O–H groups in total. The van der Waals surface area contributed by atoms with Gasteiger partial charge in [0, 0.05) is 18.6 Å².